The van der Waals surface area contributed by atoms with Crippen molar-refractivity contribution in [2.24, 2.45) is 0 Å². The summed E-state index contributed by atoms with van der Waals surface area (Å²) in [6, 6.07) is 0. The lowest BCUT2D eigenvalue weighted by Crippen LogP contribution is -2.27. The van der Waals surface area contributed by atoms with Crippen LogP contribution in [0.15, 0.2) is 12.4 Å². The van der Waals surface area contributed by atoms with Gasteiger partial charge in [0.25, 0.3) is 0 Å². The molecule has 0 saturated heterocycles. The molecule has 0 spiro atoms. The Balaban J connectivity index is 2.65. The zero-order valence-corrected chi connectivity index (χ0v) is 11.5. The van der Waals surface area contributed by atoms with Crippen LogP contribution in [0.1, 0.15) is 26.3 Å². The number of nitrogens with zero attached hydrogens (tertiary/aromatic N) is 2. The maximum Gasteiger partial charge on any atom is 0.414 e. The highest BCUT2D eigenvalue weighted by atomic mass is 32.3. The Kier molecular flexibility index (Phi) is 4.40. The van der Waals surface area contributed by atoms with Crippen molar-refractivity contribution in [1.29, 1.82) is 0 Å². The van der Waals surface area contributed by atoms with Crippen molar-refractivity contribution in [2.75, 3.05) is 5.32 Å². The topological polar surface area (TPSA) is 98.2 Å². The second-order valence-corrected chi connectivity index (χ2v) is 6.09. The van der Waals surface area contributed by atoms with Crippen molar-refractivity contribution >= 4 is 22.3 Å². The summed E-state index contributed by atoms with van der Waals surface area (Å²) in [6.07, 6.45) is 1.48. The standard InChI is InChI=1S/C10H14FN3O4S/c1-10(2,3)18-9(15)14-8-12-4-7(5-13-8)6-19(11,16)17/h4-5H,6H2,1-3H3,(H,12,13,14,15). The van der Waals surface area contributed by atoms with E-state index in [1.807, 2.05) is 0 Å². The number of hydrogen-bond donors (Lipinski definition) is 1. The summed E-state index contributed by atoms with van der Waals surface area (Å²) in [6.45, 7) is 5.09. The molecule has 0 unspecified atom stereocenters. The van der Waals surface area contributed by atoms with E-state index in [0.29, 0.717) is 0 Å². The van der Waals surface area contributed by atoms with Crippen LogP contribution in [-0.2, 0) is 20.7 Å². The van der Waals surface area contributed by atoms with Gasteiger partial charge < -0.3 is 4.74 Å². The van der Waals surface area contributed by atoms with Crippen LogP contribution in [0.4, 0.5) is 14.6 Å². The van der Waals surface area contributed by atoms with Crippen molar-refractivity contribution in [3.63, 3.8) is 0 Å². The minimum atomic E-state index is -4.63. The molecule has 1 rings (SSSR count). The number of carbonyl (C=O) groups is 1. The molecular formula is C10H14FN3O4S. The van der Waals surface area contributed by atoms with Crippen molar-refractivity contribution in [1.82, 2.24) is 9.97 Å². The van der Waals surface area contributed by atoms with Gasteiger partial charge in [-0.2, -0.15) is 8.42 Å². The number of hydrogen-bond acceptors (Lipinski definition) is 6. The molecule has 0 aliphatic carbocycles. The van der Waals surface area contributed by atoms with Crippen LogP contribution < -0.4 is 5.32 Å². The predicted molar refractivity (Wildman–Crippen MR) is 65.6 cm³/mol. The Morgan fingerprint density at radius 3 is 2.32 bits per heavy atom. The quantitative estimate of drug-likeness (QED) is 0.850. The Labute approximate surface area is 110 Å². The first-order chi connectivity index (χ1) is 8.55. The Bertz CT molecular complexity index is 551. The van der Waals surface area contributed by atoms with Gasteiger partial charge in [-0.05, 0) is 20.8 Å². The average molecular weight is 291 g/mol. The Morgan fingerprint density at radius 2 is 1.89 bits per heavy atom. The molecule has 0 fully saturated rings. The van der Waals surface area contributed by atoms with Gasteiger partial charge in [0.2, 0.25) is 5.95 Å². The number of anilines is 1. The maximum absolute atomic E-state index is 12.4. The van der Waals surface area contributed by atoms with E-state index in [9.17, 15) is 17.1 Å². The minimum absolute atomic E-state index is 0.0609. The number of nitrogens with one attached hydrogen (secondary N) is 1. The zero-order chi connectivity index (χ0) is 14.7. The molecule has 0 atom stereocenters. The van der Waals surface area contributed by atoms with E-state index in [-0.39, 0.29) is 11.5 Å². The first kappa shape index (κ1) is 15.3. The van der Waals surface area contributed by atoms with Crippen LogP contribution in [0, 0.1) is 0 Å². The first-order valence-electron chi connectivity index (χ1n) is 5.28. The van der Waals surface area contributed by atoms with Gasteiger partial charge in [0.1, 0.15) is 11.4 Å². The molecule has 0 aromatic carbocycles. The highest BCUT2D eigenvalue weighted by Crippen LogP contribution is 2.10. The smallest absolute Gasteiger partial charge is 0.414 e. The van der Waals surface area contributed by atoms with E-state index in [0.717, 1.165) is 12.4 Å². The maximum atomic E-state index is 12.4. The fraction of sp³-hybridized carbons (Fsp3) is 0.500. The van der Waals surface area contributed by atoms with Crippen molar-refractivity contribution in [3.05, 3.63) is 18.0 Å². The van der Waals surface area contributed by atoms with Gasteiger partial charge in [-0.25, -0.2) is 14.8 Å². The molecule has 0 aliphatic rings. The van der Waals surface area contributed by atoms with Gasteiger partial charge in [0.05, 0.1) is 0 Å². The molecule has 0 aliphatic heterocycles. The van der Waals surface area contributed by atoms with E-state index in [2.05, 4.69) is 15.3 Å². The Morgan fingerprint density at radius 1 is 1.37 bits per heavy atom. The van der Waals surface area contributed by atoms with Crippen LogP contribution >= 0.6 is 0 Å². The summed E-state index contributed by atoms with van der Waals surface area (Å²) in [5, 5.41) is 2.26. The van der Waals surface area contributed by atoms with E-state index in [4.69, 9.17) is 4.74 Å². The summed E-state index contributed by atoms with van der Waals surface area (Å²) in [5.41, 5.74) is -0.580. The number of aromatic nitrogens is 2. The van der Waals surface area contributed by atoms with E-state index < -0.39 is 27.7 Å². The summed E-state index contributed by atoms with van der Waals surface area (Å²) < 4.78 is 38.2. The van der Waals surface area contributed by atoms with E-state index in [1.54, 1.807) is 20.8 Å². The lowest BCUT2D eigenvalue weighted by molar-refractivity contribution is 0.0634. The molecular weight excluding hydrogens is 277 g/mol. The molecule has 1 heterocycles. The summed E-state index contributed by atoms with van der Waals surface area (Å²) >= 11 is 0. The SMILES string of the molecule is CC(C)(C)OC(=O)Nc1ncc(CS(=O)(=O)F)cn1. The number of carbonyl (C=O) groups excluding carboxylic acids is 1. The first-order valence-corrected chi connectivity index (χ1v) is 6.84. The lowest BCUT2D eigenvalue weighted by Gasteiger charge is -2.19. The molecule has 1 aromatic heterocycles. The van der Waals surface area contributed by atoms with Gasteiger partial charge in [-0.3, -0.25) is 5.32 Å². The third-order valence-corrected chi connectivity index (χ3v) is 2.34. The number of amides is 1. The monoisotopic (exact) mass is 291 g/mol. The van der Waals surface area contributed by atoms with Gasteiger partial charge >= 0.3 is 16.3 Å². The molecule has 106 valence electrons. The van der Waals surface area contributed by atoms with Gasteiger partial charge in [0.15, 0.2) is 0 Å². The third kappa shape index (κ3) is 6.65. The van der Waals surface area contributed by atoms with Gasteiger partial charge in [-0.1, -0.05) is 0 Å². The van der Waals surface area contributed by atoms with Crippen molar-refractivity contribution < 1.29 is 21.8 Å². The number of halogens is 1. The van der Waals surface area contributed by atoms with Crippen LogP contribution in [0.25, 0.3) is 0 Å². The van der Waals surface area contributed by atoms with E-state index in [1.165, 1.54) is 0 Å². The predicted octanol–water partition coefficient (Wildman–Crippen LogP) is 1.62. The van der Waals surface area contributed by atoms with Crippen LogP contribution in [-0.4, -0.2) is 30.1 Å². The largest absolute Gasteiger partial charge is 0.444 e. The molecule has 1 amide bonds. The molecule has 0 saturated carbocycles. The zero-order valence-electron chi connectivity index (χ0n) is 10.7. The molecule has 1 N–H and O–H groups in total. The fourth-order valence-corrected chi connectivity index (χ4v) is 1.64. The van der Waals surface area contributed by atoms with Crippen LogP contribution in [0.2, 0.25) is 0 Å². The molecule has 0 radical (unpaired) electrons. The van der Waals surface area contributed by atoms with E-state index >= 15 is 0 Å². The van der Waals surface area contributed by atoms with Gasteiger partial charge in [0, 0.05) is 18.0 Å². The fourth-order valence-electron chi connectivity index (χ4n) is 1.09. The summed E-state index contributed by atoms with van der Waals surface area (Å²) in [7, 11) is -4.63. The highest BCUT2D eigenvalue weighted by Gasteiger charge is 2.17. The van der Waals surface area contributed by atoms with Crippen LogP contribution in [0.5, 0.6) is 0 Å². The van der Waals surface area contributed by atoms with Crippen LogP contribution in [0.3, 0.4) is 0 Å². The molecule has 0 bridgehead atoms. The molecule has 19 heavy (non-hydrogen) atoms. The van der Waals surface area contributed by atoms with Crippen molar-refractivity contribution in [3.8, 4) is 0 Å². The highest BCUT2D eigenvalue weighted by molar-refractivity contribution is 7.85. The summed E-state index contributed by atoms with van der Waals surface area (Å²) in [4.78, 5) is 18.7. The van der Waals surface area contributed by atoms with Crippen molar-refractivity contribution in [2.45, 2.75) is 32.1 Å². The average Bonchev–Trinajstić information content (AvgIpc) is 2.15. The molecule has 1 aromatic rings. The number of rotatable bonds is 3. The number of ether oxygens (including phenoxy) is 1. The normalized spacial score (nSPS) is 12.0. The molecule has 7 nitrogen and oxygen atoms in total. The van der Waals surface area contributed by atoms with Gasteiger partial charge in [-0.15, -0.1) is 3.89 Å². The molecule has 9 heteroatoms. The second kappa shape index (κ2) is 5.47. The second-order valence-electron chi connectivity index (χ2n) is 4.72. The minimum Gasteiger partial charge on any atom is -0.444 e. The Hall–Kier alpha value is -1.77. The summed E-state index contributed by atoms with van der Waals surface area (Å²) in [5.74, 6) is -0.867. The lowest BCUT2D eigenvalue weighted by atomic mass is 10.2. The third-order valence-electron chi connectivity index (χ3n) is 1.66.